The highest BCUT2D eigenvalue weighted by Gasteiger charge is 2.04. The number of halogens is 1. The Balaban J connectivity index is 1.95. The van der Waals surface area contributed by atoms with Crippen LogP contribution in [0.4, 0.5) is 0 Å². The van der Waals surface area contributed by atoms with Crippen molar-refractivity contribution in [3.63, 3.8) is 0 Å². The van der Waals surface area contributed by atoms with E-state index in [0.29, 0.717) is 0 Å². The zero-order valence-electron chi connectivity index (χ0n) is 12.2. The molecule has 0 unspecified atom stereocenters. The van der Waals surface area contributed by atoms with Gasteiger partial charge in [-0.2, -0.15) is 5.10 Å². The highest BCUT2D eigenvalue weighted by atomic mass is 79.9. The average molecular weight is 336 g/mol. The summed E-state index contributed by atoms with van der Waals surface area (Å²) in [5.74, 6) is 0. The van der Waals surface area contributed by atoms with Gasteiger partial charge in [-0.1, -0.05) is 22.9 Å². The lowest BCUT2D eigenvalue weighted by molar-refractivity contribution is 0.640. The molecule has 2 rings (SSSR count). The summed E-state index contributed by atoms with van der Waals surface area (Å²) in [7, 11) is 0. The van der Waals surface area contributed by atoms with Gasteiger partial charge in [-0.3, -0.25) is 0 Å². The molecule has 20 heavy (non-hydrogen) atoms. The van der Waals surface area contributed by atoms with Gasteiger partial charge < -0.3 is 5.32 Å². The maximum atomic E-state index is 4.47. The number of benzene rings is 1. The fourth-order valence-corrected chi connectivity index (χ4v) is 2.69. The molecule has 0 amide bonds. The molecule has 2 aromatic rings. The number of aromatic nitrogens is 2. The van der Waals surface area contributed by atoms with E-state index in [2.05, 4.69) is 64.6 Å². The number of nitrogens with zero attached hydrogens (tertiary/aromatic N) is 2. The summed E-state index contributed by atoms with van der Waals surface area (Å²) in [6, 6.07) is 6.27. The van der Waals surface area contributed by atoms with Crippen LogP contribution in [-0.2, 0) is 6.42 Å². The van der Waals surface area contributed by atoms with Crippen LogP contribution in [0.5, 0.6) is 0 Å². The first-order valence-electron chi connectivity index (χ1n) is 7.21. The Morgan fingerprint density at radius 3 is 2.90 bits per heavy atom. The van der Waals surface area contributed by atoms with Gasteiger partial charge in [-0.25, -0.2) is 4.68 Å². The number of nitrogens with one attached hydrogen (secondary N) is 1. The summed E-state index contributed by atoms with van der Waals surface area (Å²) in [4.78, 5) is 0. The first-order valence-corrected chi connectivity index (χ1v) is 8.01. The number of hydrogen-bond donors (Lipinski definition) is 1. The normalized spacial score (nSPS) is 10.9. The molecule has 1 N–H and O–H groups in total. The van der Waals surface area contributed by atoms with E-state index in [9.17, 15) is 0 Å². The second-order valence-electron chi connectivity index (χ2n) is 5.08. The molecular formula is C16H22BrN3. The van der Waals surface area contributed by atoms with Gasteiger partial charge in [0.25, 0.3) is 0 Å². The van der Waals surface area contributed by atoms with Crippen LogP contribution < -0.4 is 5.32 Å². The van der Waals surface area contributed by atoms with Crippen molar-refractivity contribution in [3.05, 3.63) is 46.2 Å². The van der Waals surface area contributed by atoms with E-state index in [1.807, 2.05) is 10.9 Å². The minimum Gasteiger partial charge on any atom is -0.317 e. The second kappa shape index (κ2) is 7.60. The fraction of sp³-hybridized carbons (Fsp3) is 0.438. The van der Waals surface area contributed by atoms with Crippen molar-refractivity contribution in [2.45, 2.75) is 33.1 Å². The lowest BCUT2D eigenvalue weighted by atomic mass is 10.2. The van der Waals surface area contributed by atoms with Crippen LogP contribution >= 0.6 is 15.9 Å². The highest BCUT2D eigenvalue weighted by Crippen LogP contribution is 2.19. The van der Waals surface area contributed by atoms with E-state index in [4.69, 9.17) is 0 Å². The molecule has 0 bridgehead atoms. The Bertz CT molecular complexity index is 548. The lowest BCUT2D eigenvalue weighted by Gasteiger charge is -2.06. The van der Waals surface area contributed by atoms with Crippen LogP contribution in [0.3, 0.4) is 0 Å². The van der Waals surface area contributed by atoms with Crippen molar-refractivity contribution in [1.29, 1.82) is 0 Å². The monoisotopic (exact) mass is 335 g/mol. The summed E-state index contributed by atoms with van der Waals surface area (Å²) in [5.41, 5.74) is 3.66. The molecule has 0 saturated carbocycles. The summed E-state index contributed by atoms with van der Waals surface area (Å²) in [6.07, 6.45) is 7.54. The van der Waals surface area contributed by atoms with Crippen molar-refractivity contribution < 1.29 is 0 Å². The highest BCUT2D eigenvalue weighted by molar-refractivity contribution is 9.10. The second-order valence-corrected chi connectivity index (χ2v) is 5.99. The molecular weight excluding hydrogens is 314 g/mol. The predicted octanol–water partition coefficient (Wildman–Crippen LogP) is 3.88. The Morgan fingerprint density at radius 1 is 1.30 bits per heavy atom. The van der Waals surface area contributed by atoms with Crippen LogP contribution in [-0.4, -0.2) is 22.9 Å². The average Bonchev–Trinajstić information content (AvgIpc) is 2.87. The quantitative estimate of drug-likeness (QED) is 0.778. The zero-order valence-corrected chi connectivity index (χ0v) is 13.8. The summed E-state index contributed by atoms with van der Waals surface area (Å²) < 4.78 is 3.07. The van der Waals surface area contributed by atoms with Gasteiger partial charge in [-0.15, -0.1) is 0 Å². The van der Waals surface area contributed by atoms with Gasteiger partial charge in [0.15, 0.2) is 0 Å². The smallest absolute Gasteiger partial charge is 0.0675 e. The predicted molar refractivity (Wildman–Crippen MR) is 87.5 cm³/mol. The van der Waals surface area contributed by atoms with E-state index in [1.54, 1.807) is 0 Å². The molecule has 0 fully saturated rings. The first kappa shape index (κ1) is 15.3. The van der Waals surface area contributed by atoms with Crippen LogP contribution in [0.25, 0.3) is 5.69 Å². The van der Waals surface area contributed by atoms with Crippen LogP contribution in [0, 0.1) is 6.92 Å². The largest absolute Gasteiger partial charge is 0.317 e. The lowest BCUT2D eigenvalue weighted by Crippen LogP contribution is -2.16. The minimum atomic E-state index is 1.08. The van der Waals surface area contributed by atoms with Gasteiger partial charge in [0.05, 0.1) is 11.9 Å². The molecule has 0 aliphatic rings. The van der Waals surface area contributed by atoms with Crippen molar-refractivity contribution in [3.8, 4) is 5.69 Å². The molecule has 3 nitrogen and oxygen atoms in total. The third kappa shape index (κ3) is 4.18. The van der Waals surface area contributed by atoms with E-state index >= 15 is 0 Å². The van der Waals surface area contributed by atoms with E-state index in [-0.39, 0.29) is 0 Å². The van der Waals surface area contributed by atoms with E-state index in [1.165, 1.54) is 17.5 Å². The molecule has 0 saturated heterocycles. The number of hydrogen-bond acceptors (Lipinski definition) is 2. The molecule has 0 radical (unpaired) electrons. The van der Waals surface area contributed by atoms with Crippen molar-refractivity contribution in [2.75, 3.05) is 13.1 Å². The first-order chi connectivity index (χ1) is 9.70. The van der Waals surface area contributed by atoms with Crippen molar-refractivity contribution in [2.24, 2.45) is 0 Å². The van der Waals surface area contributed by atoms with Gasteiger partial charge in [0.1, 0.15) is 0 Å². The Hall–Kier alpha value is -1.13. The van der Waals surface area contributed by atoms with Gasteiger partial charge in [0.2, 0.25) is 0 Å². The molecule has 0 atom stereocenters. The molecule has 0 aliphatic carbocycles. The molecule has 0 spiro atoms. The maximum absolute atomic E-state index is 4.47. The van der Waals surface area contributed by atoms with Gasteiger partial charge >= 0.3 is 0 Å². The molecule has 0 aliphatic heterocycles. The molecule has 4 heteroatoms. The Morgan fingerprint density at radius 2 is 2.15 bits per heavy atom. The molecule has 1 aromatic heterocycles. The van der Waals surface area contributed by atoms with Crippen LogP contribution in [0.1, 0.15) is 30.9 Å². The summed E-state index contributed by atoms with van der Waals surface area (Å²) in [5, 5.41) is 7.90. The fourth-order valence-electron chi connectivity index (χ4n) is 2.22. The topological polar surface area (TPSA) is 29.9 Å². The summed E-state index contributed by atoms with van der Waals surface area (Å²) in [6.45, 7) is 6.49. The van der Waals surface area contributed by atoms with Crippen LogP contribution in [0.15, 0.2) is 35.1 Å². The minimum absolute atomic E-state index is 1.08. The van der Waals surface area contributed by atoms with Crippen molar-refractivity contribution in [1.82, 2.24) is 15.1 Å². The third-order valence-electron chi connectivity index (χ3n) is 3.29. The van der Waals surface area contributed by atoms with Crippen LogP contribution in [0.2, 0.25) is 0 Å². The van der Waals surface area contributed by atoms with Crippen molar-refractivity contribution >= 4 is 15.9 Å². The zero-order chi connectivity index (χ0) is 14.4. The van der Waals surface area contributed by atoms with Gasteiger partial charge in [0, 0.05) is 10.7 Å². The van der Waals surface area contributed by atoms with E-state index in [0.717, 1.165) is 36.1 Å². The maximum Gasteiger partial charge on any atom is 0.0675 e. The van der Waals surface area contributed by atoms with Gasteiger partial charge in [-0.05, 0) is 68.6 Å². The molecule has 1 aromatic carbocycles. The Labute approximate surface area is 129 Å². The molecule has 108 valence electrons. The summed E-state index contributed by atoms with van der Waals surface area (Å²) >= 11 is 3.49. The number of aryl methyl sites for hydroxylation is 2. The Kier molecular flexibility index (Phi) is 5.80. The third-order valence-corrected chi connectivity index (χ3v) is 3.78. The number of rotatable bonds is 7. The van der Waals surface area contributed by atoms with E-state index < -0.39 is 0 Å². The standard InChI is InChI=1S/C16H22BrN3/c1-3-8-18-9-4-5-14-11-19-20(12-14)16-7-6-15(17)10-13(16)2/h6-7,10-12,18H,3-5,8-9H2,1-2H3. The molecule has 1 heterocycles. The SMILES string of the molecule is CCCNCCCc1cnn(-c2ccc(Br)cc2C)c1.